The van der Waals surface area contributed by atoms with Crippen molar-refractivity contribution in [1.29, 1.82) is 0 Å². The van der Waals surface area contributed by atoms with Gasteiger partial charge in [-0.2, -0.15) is 10.1 Å². The first-order chi connectivity index (χ1) is 9.56. The Morgan fingerprint density at radius 3 is 2.85 bits per heavy atom. The highest BCUT2D eigenvalue weighted by atomic mass is 15.3. The average Bonchev–Trinajstić information content (AvgIpc) is 2.91. The van der Waals surface area contributed by atoms with E-state index in [4.69, 9.17) is 0 Å². The molecule has 0 aliphatic carbocycles. The van der Waals surface area contributed by atoms with Gasteiger partial charge in [-0.15, -0.1) is 0 Å². The van der Waals surface area contributed by atoms with Crippen LogP contribution in [0.25, 0.3) is 0 Å². The lowest BCUT2D eigenvalue weighted by Crippen LogP contribution is -2.21. The predicted octanol–water partition coefficient (Wildman–Crippen LogP) is 1.94. The Morgan fingerprint density at radius 1 is 1.40 bits per heavy atom. The van der Waals surface area contributed by atoms with Gasteiger partial charge >= 0.3 is 0 Å². The molecule has 108 valence electrons. The van der Waals surface area contributed by atoms with Crippen molar-refractivity contribution in [3.05, 3.63) is 30.2 Å². The van der Waals surface area contributed by atoms with Crippen LogP contribution in [0.15, 0.2) is 24.7 Å². The molecule has 2 heterocycles. The van der Waals surface area contributed by atoms with Crippen LogP contribution in [0.3, 0.4) is 0 Å². The molecule has 0 bridgehead atoms. The number of hydrogen-bond acceptors (Lipinski definition) is 5. The average molecular weight is 274 g/mol. The van der Waals surface area contributed by atoms with Crippen molar-refractivity contribution in [2.75, 3.05) is 24.3 Å². The van der Waals surface area contributed by atoms with Crippen LogP contribution < -0.4 is 10.2 Å². The number of nitrogens with zero attached hydrogens (tertiary/aromatic N) is 5. The first kappa shape index (κ1) is 14.3. The van der Waals surface area contributed by atoms with Crippen LogP contribution in [0.2, 0.25) is 0 Å². The second-order valence-corrected chi connectivity index (χ2v) is 5.20. The molecule has 0 spiro atoms. The zero-order valence-electron chi connectivity index (χ0n) is 12.5. The number of hydrogen-bond donors (Lipinski definition) is 1. The van der Waals surface area contributed by atoms with Gasteiger partial charge in [0.1, 0.15) is 5.82 Å². The summed E-state index contributed by atoms with van der Waals surface area (Å²) >= 11 is 0. The number of aromatic nitrogens is 4. The molecule has 1 atom stereocenters. The summed E-state index contributed by atoms with van der Waals surface area (Å²) < 4.78 is 1.93. The van der Waals surface area contributed by atoms with Gasteiger partial charge in [-0.25, -0.2) is 4.98 Å². The van der Waals surface area contributed by atoms with Gasteiger partial charge in [0.05, 0.1) is 0 Å². The van der Waals surface area contributed by atoms with Crippen molar-refractivity contribution in [1.82, 2.24) is 19.7 Å². The number of rotatable bonds is 6. The molecule has 0 aliphatic heterocycles. The molecule has 1 N–H and O–H groups in total. The van der Waals surface area contributed by atoms with E-state index < -0.39 is 0 Å². The van der Waals surface area contributed by atoms with E-state index in [1.54, 1.807) is 6.20 Å². The molecular weight excluding hydrogens is 252 g/mol. The van der Waals surface area contributed by atoms with E-state index >= 15 is 0 Å². The summed E-state index contributed by atoms with van der Waals surface area (Å²) in [5.41, 5.74) is 1.07. The van der Waals surface area contributed by atoms with Crippen LogP contribution in [0, 0.1) is 6.92 Å². The van der Waals surface area contributed by atoms with Gasteiger partial charge in [0.2, 0.25) is 5.95 Å². The third-order valence-corrected chi connectivity index (χ3v) is 3.09. The van der Waals surface area contributed by atoms with E-state index in [0.29, 0.717) is 5.95 Å². The van der Waals surface area contributed by atoms with Crippen LogP contribution in [0.1, 0.15) is 18.9 Å². The van der Waals surface area contributed by atoms with Crippen molar-refractivity contribution in [2.45, 2.75) is 32.9 Å². The number of anilines is 2. The number of aryl methyl sites for hydroxylation is 2. The van der Waals surface area contributed by atoms with Crippen molar-refractivity contribution in [2.24, 2.45) is 0 Å². The van der Waals surface area contributed by atoms with Crippen LogP contribution >= 0.6 is 0 Å². The van der Waals surface area contributed by atoms with E-state index in [-0.39, 0.29) is 6.04 Å². The van der Waals surface area contributed by atoms with Gasteiger partial charge in [0.15, 0.2) is 0 Å². The molecule has 0 radical (unpaired) electrons. The van der Waals surface area contributed by atoms with Gasteiger partial charge in [0.25, 0.3) is 0 Å². The molecule has 20 heavy (non-hydrogen) atoms. The fourth-order valence-electron chi connectivity index (χ4n) is 2.01. The predicted molar refractivity (Wildman–Crippen MR) is 81.0 cm³/mol. The fourth-order valence-corrected chi connectivity index (χ4v) is 2.01. The van der Waals surface area contributed by atoms with Crippen molar-refractivity contribution in [3.8, 4) is 0 Å². The van der Waals surface area contributed by atoms with Gasteiger partial charge in [-0.1, -0.05) is 0 Å². The molecular formula is C14H22N6. The van der Waals surface area contributed by atoms with Crippen LogP contribution in [-0.2, 0) is 6.54 Å². The van der Waals surface area contributed by atoms with Crippen LogP contribution in [0.5, 0.6) is 0 Å². The van der Waals surface area contributed by atoms with Gasteiger partial charge in [-0.05, 0) is 26.3 Å². The third kappa shape index (κ3) is 3.69. The quantitative estimate of drug-likeness (QED) is 0.872. The fraction of sp³-hybridized carbons (Fsp3) is 0.500. The summed E-state index contributed by atoms with van der Waals surface area (Å²) in [6.07, 6.45) is 6.59. The molecule has 0 saturated carbocycles. The van der Waals surface area contributed by atoms with Gasteiger partial charge < -0.3 is 10.2 Å². The highest BCUT2D eigenvalue weighted by Crippen LogP contribution is 2.15. The minimum absolute atomic E-state index is 0.289. The molecule has 0 amide bonds. The molecule has 0 aromatic carbocycles. The molecule has 0 aliphatic rings. The Bertz CT molecular complexity index is 535. The second kappa shape index (κ2) is 6.36. The lowest BCUT2D eigenvalue weighted by atomic mass is 10.2. The van der Waals surface area contributed by atoms with Crippen LogP contribution in [0.4, 0.5) is 11.8 Å². The molecule has 0 unspecified atom stereocenters. The Morgan fingerprint density at radius 2 is 2.20 bits per heavy atom. The Hall–Kier alpha value is -2.11. The first-order valence-electron chi connectivity index (χ1n) is 6.81. The van der Waals surface area contributed by atoms with Crippen LogP contribution in [-0.4, -0.2) is 39.9 Å². The third-order valence-electron chi connectivity index (χ3n) is 3.09. The van der Waals surface area contributed by atoms with Crippen molar-refractivity contribution in [3.63, 3.8) is 0 Å². The molecule has 2 rings (SSSR count). The molecule has 2 aromatic rings. The summed E-state index contributed by atoms with van der Waals surface area (Å²) in [6, 6.07) is 2.22. The lowest BCUT2D eigenvalue weighted by molar-refractivity contribution is 0.544. The summed E-state index contributed by atoms with van der Waals surface area (Å²) in [4.78, 5) is 10.9. The maximum absolute atomic E-state index is 4.54. The maximum atomic E-state index is 4.54. The standard InChI is InChI=1S/C14H22N6/c1-11-10-15-14(18-13(11)19(3)4)17-12(2)6-9-20-8-5-7-16-20/h5,7-8,10,12H,6,9H2,1-4H3,(H,15,17,18)/t12-/m0/s1. The minimum Gasteiger partial charge on any atom is -0.362 e. The van der Waals surface area contributed by atoms with E-state index in [9.17, 15) is 0 Å². The van der Waals surface area contributed by atoms with E-state index in [1.807, 2.05) is 49.1 Å². The largest absolute Gasteiger partial charge is 0.362 e. The Kier molecular flexibility index (Phi) is 4.55. The summed E-state index contributed by atoms with van der Waals surface area (Å²) in [6.45, 7) is 5.02. The highest BCUT2D eigenvalue weighted by Gasteiger charge is 2.08. The monoisotopic (exact) mass is 274 g/mol. The van der Waals surface area contributed by atoms with Gasteiger partial charge in [-0.3, -0.25) is 4.68 Å². The summed E-state index contributed by atoms with van der Waals surface area (Å²) in [5, 5.41) is 7.53. The number of nitrogens with one attached hydrogen (secondary N) is 1. The Labute approximate surface area is 119 Å². The normalized spacial score (nSPS) is 12.2. The molecule has 2 aromatic heterocycles. The summed E-state index contributed by atoms with van der Waals surface area (Å²) in [7, 11) is 3.97. The zero-order chi connectivity index (χ0) is 14.5. The topological polar surface area (TPSA) is 58.9 Å². The smallest absolute Gasteiger partial charge is 0.224 e. The molecule has 6 heteroatoms. The van der Waals surface area contributed by atoms with Crippen molar-refractivity contribution >= 4 is 11.8 Å². The Balaban J connectivity index is 1.93. The first-order valence-corrected chi connectivity index (χ1v) is 6.81. The van der Waals surface area contributed by atoms with Gasteiger partial charge in [0, 0.05) is 50.8 Å². The van der Waals surface area contributed by atoms with E-state index in [2.05, 4.69) is 27.3 Å². The van der Waals surface area contributed by atoms with Crippen molar-refractivity contribution < 1.29 is 0 Å². The van der Waals surface area contributed by atoms with E-state index in [0.717, 1.165) is 24.3 Å². The van der Waals surface area contributed by atoms with E-state index in [1.165, 1.54) is 0 Å². The maximum Gasteiger partial charge on any atom is 0.224 e. The molecule has 0 saturated heterocycles. The molecule has 6 nitrogen and oxygen atoms in total. The SMILES string of the molecule is Cc1cnc(N[C@@H](C)CCn2cccn2)nc1N(C)C. The minimum atomic E-state index is 0.289. The zero-order valence-corrected chi connectivity index (χ0v) is 12.5. The second-order valence-electron chi connectivity index (χ2n) is 5.20. The molecule has 0 fully saturated rings. The summed E-state index contributed by atoms with van der Waals surface area (Å²) in [5.74, 6) is 1.62. The lowest BCUT2D eigenvalue weighted by Gasteiger charge is -2.17. The highest BCUT2D eigenvalue weighted by molar-refractivity contribution is 5.47.